The molecule has 0 saturated heterocycles. The van der Waals surface area contributed by atoms with E-state index in [2.05, 4.69) is 92.2 Å². The lowest BCUT2D eigenvalue weighted by molar-refractivity contribution is 0.806. The molecule has 0 aromatic heterocycles. The molecule has 1 unspecified atom stereocenters. The van der Waals surface area contributed by atoms with Gasteiger partial charge in [-0.25, -0.2) is 0 Å². The number of hydrogen-bond donors (Lipinski definition) is 0. The first-order chi connectivity index (χ1) is 9.99. The van der Waals surface area contributed by atoms with Crippen molar-refractivity contribution in [1.82, 2.24) is 0 Å². The molecule has 2 aromatic rings. The van der Waals surface area contributed by atoms with E-state index in [1.807, 2.05) is 0 Å². The molecule has 0 saturated carbocycles. The predicted octanol–water partition coefficient (Wildman–Crippen LogP) is 6.61. The second-order valence-electron chi connectivity index (χ2n) is 6.36. The highest BCUT2D eigenvalue weighted by Crippen LogP contribution is 2.34. The van der Waals surface area contributed by atoms with Crippen molar-refractivity contribution in [2.24, 2.45) is 0 Å². The van der Waals surface area contributed by atoms with Gasteiger partial charge in [0.05, 0.1) is 0 Å². The molecule has 0 spiro atoms. The van der Waals surface area contributed by atoms with Gasteiger partial charge in [-0.05, 0) is 40.5 Å². The van der Waals surface area contributed by atoms with Crippen molar-refractivity contribution < 1.29 is 0 Å². The third kappa shape index (κ3) is 4.20. The van der Waals surface area contributed by atoms with Gasteiger partial charge in [-0.15, -0.1) is 0 Å². The summed E-state index contributed by atoms with van der Waals surface area (Å²) in [6, 6.07) is 17.7. The Morgan fingerprint density at radius 1 is 0.810 bits per heavy atom. The Morgan fingerprint density at radius 3 is 2.05 bits per heavy atom. The molecule has 0 heterocycles. The number of alkyl halides is 1. The molecule has 0 N–H and O–H groups in total. The summed E-state index contributed by atoms with van der Waals surface area (Å²) < 4.78 is 0. The summed E-state index contributed by atoms with van der Waals surface area (Å²) in [4.78, 5) is 0.374. The largest absolute Gasteiger partial charge is 0.0835 e. The molecule has 0 amide bonds. The summed E-state index contributed by atoms with van der Waals surface area (Å²) >= 11 is 3.90. The van der Waals surface area contributed by atoms with Crippen molar-refractivity contribution in [2.45, 2.75) is 50.8 Å². The van der Waals surface area contributed by atoms with Crippen LogP contribution < -0.4 is 0 Å². The maximum Gasteiger partial charge on any atom is 0.0438 e. The van der Waals surface area contributed by atoms with Crippen LogP contribution in [-0.4, -0.2) is 0 Å². The third-order valence-corrected chi connectivity index (χ3v) is 4.81. The average Bonchev–Trinajstić information content (AvgIpc) is 2.47. The maximum absolute atomic E-state index is 3.90. The molecule has 0 aliphatic rings. The smallest absolute Gasteiger partial charge is 0.0438 e. The predicted molar refractivity (Wildman–Crippen MR) is 96.4 cm³/mol. The second-order valence-corrected chi connectivity index (χ2v) is 7.46. The molecule has 0 bridgehead atoms. The Labute approximate surface area is 137 Å². The van der Waals surface area contributed by atoms with Crippen LogP contribution in [0.25, 0.3) is 0 Å². The van der Waals surface area contributed by atoms with Crippen LogP contribution in [0.2, 0.25) is 0 Å². The Bertz CT molecular complexity index is 570. The molecular weight excluding hydrogens is 320 g/mol. The van der Waals surface area contributed by atoms with E-state index in [9.17, 15) is 0 Å². The molecule has 2 aromatic carbocycles. The zero-order chi connectivity index (χ0) is 15.4. The van der Waals surface area contributed by atoms with Gasteiger partial charge in [-0.1, -0.05) is 92.2 Å². The van der Waals surface area contributed by atoms with Crippen LogP contribution in [0.1, 0.15) is 66.6 Å². The number of benzene rings is 2. The van der Waals surface area contributed by atoms with Crippen molar-refractivity contribution in [1.29, 1.82) is 0 Å². The third-order valence-electron chi connectivity index (χ3n) is 3.99. The molecular formula is C20H25Br. The lowest BCUT2D eigenvalue weighted by Gasteiger charge is -2.20. The quantitative estimate of drug-likeness (QED) is 0.535. The number of halogens is 1. The number of hydrogen-bond acceptors (Lipinski definition) is 0. The lowest BCUT2D eigenvalue weighted by atomic mass is 9.89. The summed E-state index contributed by atoms with van der Waals surface area (Å²) in [5, 5.41) is 0. The van der Waals surface area contributed by atoms with Gasteiger partial charge in [-0.3, -0.25) is 0 Å². The van der Waals surface area contributed by atoms with E-state index in [-0.39, 0.29) is 0 Å². The van der Waals surface area contributed by atoms with Crippen LogP contribution in [0.15, 0.2) is 48.5 Å². The number of rotatable bonds is 5. The monoisotopic (exact) mass is 344 g/mol. The fraction of sp³-hybridized carbons (Fsp3) is 0.400. The van der Waals surface area contributed by atoms with E-state index in [1.54, 1.807) is 0 Å². The molecule has 112 valence electrons. The summed E-state index contributed by atoms with van der Waals surface area (Å²) in [6.07, 6.45) is 1.03. The van der Waals surface area contributed by atoms with Crippen LogP contribution >= 0.6 is 15.9 Å². The molecule has 0 radical (unpaired) electrons. The Balaban J connectivity index is 2.29. The van der Waals surface area contributed by atoms with Gasteiger partial charge in [0, 0.05) is 4.83 Å². The Morgan fingerprint density at radius 2 is 1.48 bits per heavy atom. The van der Waals surface area contributed by atoms with E-state index >= 15 is 0 Å². The van der Waals surface area contributed by atoms with Crippen LogP contribution in [-0.2, 0) is 6.42 Å². The van der Waals surface area contributed by atoms with E-state index in [1.165, 1.54) is 22.3 Å². The standard InChI is InChI=1S/C20H25Br/c1-14(2)17-10-11-18(19(13-17)15(3)4)20(21)12-16-8-6-5-7-9-16/h5-11,13-15,20H,12H2,1-4H3. The fourth-order valence-corrected chi connectivity index (χ4v) is 3.46. The summed E-state index contributed by atoms with van der Waals surface area (Å²) in [5.41, 5.74) is 5.71. The van der Waals surface area contributed by atoms with Gasteiger partial charge < -0.3 is 0 Å². The van der Waals surface area contributed by atoms with Gasteiger partial charge in [0.25, 0.3) is 0 Å². The van der Waals surface area contributed by atoms with Gasteiger partial charge in [0.15, 0.2) is 0 Å². The highest BCUT2D eigenvalue weighted by atomic mass is 79.9. The highest BCUT2D eigenvalue weighted by Gasteiger charge is 2.16. The van der Waals surface area contributed by atoms with E-state index in [4.69, 9.17) is 0 Å². The summed E-state index contributed by atoms with van der Waals surface area (Å²) in [5.74, 6) is 1.13. The first-order valence-electron chi connectivity index (χ1n) is 7.80. The fourth-order valence-electron chi connectivity index (χ4n) is 2.67. The molecule has 2 rings (SSSR count). The zero-order valence-electron chi connectivity index (χ0n) is 13.4. The Kier molecular flexibility index (Phi) is 5.64. The maximum atomic E-state index is 3.90. The van der Waals surface area contributed by atoms with Crippen LogP contribution in [0, 0.1) is 0 Å². The van der Waals surface area contributed by atoms with Gasteiger partial charge in [-0.2, -0.15) is 0 Å². The van der Waals surface area contributed by atoms with Gasteiger partial charge in [0.1, 0.15) is 0 Å². The normalized spacial score (nSPS) is 12.9. The van der Waals surface area contributed by atoms with Crippen molar-refractivity contribution in [3.05, 3.63) is 70.8 Å². The topological polar surface area (TPSA) is 0 Å². The zero-order valence-corrected chi connectivity index (χ0v) is 15.0. The Hall–Kier alpha value is -1.08. The summed E-state index contributed by atoms with van der Waals surface area (Å²) in [6.45, 7) is 9.08. The molecule has 1 atom stereocenters. The van der Waals surface area contributed by atoms with Crippen molar-refractivity contribution in [3.63, 3.8) is 0 Å². The van der Waals surface area contributed by atoms with Gasteiger partial charge >= 0.3 is 0 Å². The highest BCUT2D eigenvalue weighted by molar-refractivity contribution is 9.09. The first kappa shape index (κ1) is 16.3. The van der Waals surface area contributed by atoms with Crippen LogP contribution in [0.3, 0.4) is 0 Å². The van der Waals surface area contributed by atoms with E-state index < -0.39 is 0 Å². The summed E-state index contributed by atoms with van der Waals surface area (Å²) in [7, 11) is 0. The second kappa shape index (κ2) is 7.26. The SMILES string of the molecule is CC(C)c1ccc(C(Br)Cc2ccccc2)c(C(C)C)c1. The molecule has 0 fully saturated rings. The minimum absolute atomic E-state index is 0.374. The first-order valence-corrected chi connectivity index (χ1v) is 8.72. The molecule has 1 heteroatoms. The van der Waals surface area contributed by atoms with Crippen molar-refractivity contribution in [2.75, 3.05) is 0 Å². The van der Waals surface area contributed by atoms with Crippen LogP contribution in [0.5, 0.6) is 0 Å². The van der Waals surface area contributed by atoms with Gasteiger partial charge in [0.2, 0.25) is 0 Å². The molecule has 0 aliphatic heterocycles. The minimum atomic E-state index is 0.374. The lowest BCUT2D eigenvalue weighted by Crippen LogP contribution is -2.03. The van der Waals surface area contributed by atoms with Crippen molar-refractivity contribution >= 4 is 15.9 Å². The van der Waals surface area contributed by atoms with Crippen molar-refractivity contribution in [3.8, 4) is 0 Å². The molecule has 0 aliphatic carbocycles. The average molecular weight is 345 g/mol. The minimum Gasteiger partial charge on any atom is -0.0835 e. The van der Waals surface area contributed by atoms with E-state index in [0.29, 0.717) is 16.7 Å². The van der Waals surface area contributed by atoms with E-state index in [0.717, 1.165) is 6.42 Å². The molecule has 0 nitrogen and oxygen atoms in total. The molecule has 21 heavy (non-hydrogen) atoms. The van der Waals surface area contributed by atoms with Crippen LogP contribution in [0.4, 0.5) is 0 Å².